The number of nitrogens with two attached hydrogens (primary N) is 1. The minimum atomic E-state index is -0.350. The summed E-state index contributed by atoms with van der Waals surface area (Å²) in [4.78, 5) is 29.1. The van der Waals surface area contributed by atoms with E-state index in [0.29, 0.717) is 18.2 Å². The van der Waals surface area contributed by atoms with Gasteiger partial charge in [-0.05, 0) is 85.5 Å². The molecule has 0 radical (unpaired) electrons. The Bertz CT molecular complexity index is 937. The van der Waals surface area contributed by atoms with Gasteiger partial charge in [0.15, 0.2) is 0 Å². The number of methoxy groups -OCH3 is 1. The quantitative estimate of drug-likeness (QED) is 0.570. The molecule has 1 fully saturated rings. The summed E-state index contributed by atoms with van der Waals surface area (Å²) < 4.78 is 5.14. The Balaban J connectivity index is 1.57. The number of amides is 2. The molecule has 0 spiro atoms. The van der Waals surface area contributed by atoms with Crippen molar-refractivity contribution in [1.82, 2.24) is 9.80 Å². The predicted octanol–water partition coefficient (Wildman–Crippen LogP) is 3.92. The van der Waals surface area contributed by atoms with E-state index in [0.717, 1.165) is 49.9 Å². The Hall–Kier alpha value is -2.22. The third-order valence-corrected chi connectivity index (χ3v) is 7.68. The van der Waals surface area contributed by atoms with Gasteiger partial charge >= 0.3 is 0 Å². The minimum Gasteiger partial charge on any atom is -0.375 e. The normalized spacial score (nSPS) is 16.0. The number of likely N-dealkylation sites (tertiary alicyclic amines) is 1. The van der Waals surface area contributed by atoms with Gasteiger partial charge in [0.05, 0.1) is 0 Å². The molecule has 1 aromatic heterocycles. The predicted molar refractivity (Wildman–Crippen MR) is 134 cm³/mol. The summed E-state index contributed by atoms with van der Waals surface area (Å²) in [7, 11) is 1.58. The van der Waals surface area contributed by atoms with Crippen molar-refractivity contribution in [3.05, 3.63) is 56.8 Å². The molecule has 2 aromatic rings. The second-order valence-electron chi connectivity index (χ2n) is 9.15. The van der Waals surface area contributed by atoms with E-state index in [1.54, 1.807) is 18.4 Å². The summed E-state index contributed by atoms with van der Waals surface area (Å²) in [6.45, 7) is 8.94. The third kappa shape index (κ3) is 6.43. The molecule has 180 valence electrons. The molecule has 1 aliphatic heterocycles. The van der Waals surface area contributed by atoms with E-state index in [-0.39, 0.29) is 24.5 Å². The topological polar surface area (TPSA) is 75.9 Å². The number of thiophene rings is 1. The van der Waals surface area contributed by atoms with E-state index in [2.05, 4.69) is 34.7 Å². The van der Waals surface area contributed by atoms with E-state index in [9.17, 15) is 9.59 Å². The maximum Gasteiger partial charge on any atom is 0.249 e. The summed E-state index contributed by atoms with van der Waals surface area (Å²) in [6, 6.07) is 6.89. The highest BCUT2D eigenvalue weighted by molar-refractivity contribution is 7.07. The number of carbonyl (C=O) groups excluding carboxylic acids is 2. The smallest absolute Gasteiger partial charge is 0.249 e. The molecule has 3 rings (SSSR count). The Kier molecular flexibility index (Phi) is 9.06. The summed E-state index contributed by atoms with van der Waals surface area (Å²) in [6.07, 6.45) is 3.89. The van der Waals surface area contributed by atoms with E-state index in [1.165, 1.54) is 11.1 Å². The zero-order chi connectivity index (χ0) is 24.0. The number of primary amides is 1. The first kappa shape index (κ1) is 25.4. The van der Waals surface area contributed by atoms with Gasteiger partial charge in [-0.1, -0.05) is 12.1 Å². The second-order valence-corrected chi connectivity index (χ2v) is 9.93. The first-order valence-electron chi connectivity index (χ1n) is 11.7. The van der Waals surface area contributed by atoms with Gasteiger partial charge in [-0.2, -0.15) is 11.3 Å². The molecular formula is C26H37N3O3S. The van der Waals surface area contributed by atoms with Gasteiger partial charge in [0.25, 0.3) is 0 Å². The van der Waals surface area contributed by atoms with Gasteiger partial charge in [-0.3, -0.25) is 9.59 Å². The van der Waals surface area contributed by atoms with Crippen molar-refractivity contribution in [3.63, 3.8) is 0 Å². The number of hydrogen-bond acceptors (Lipinski definition) is 5. The number of nitrogens with zero attached hydrogens (tertiary/aromatic N) is 2. The molecule has 2 N–H and O–H groups in total. The van der Waals surface area contributed by atoms with Gasteiger partial charge in [-0.25, -0.2) is 0 Å². The molecular weight excluding hydrogens is 434 g/mol. The van der Waals surface area contributed by atoms with E-state index in [1.807, 2.05) is 24.8 Å². The Morgan fingerprint density at radius 2 is 1.97 bits per heavy atom. The summed E-state index contributed by atoms with van der Waals surface area (Å²) >= 11 is 1.66. The van der Waals surface area contributed by atoms with Gasteiger partial charge in [0, 0.05) is 44.4 Å². The fourth-order valence-electron chi connectivity index (χ4n) is 4.93. The monoisotopic (exact) mass is 471 g/mol. The van der Waals surface area contributed by atoms with Crippen LogP contribution in [0.4, 0.5) is 0 Å². The molecule has 2 amide bonds. The lowest BCUT2D eigenvalue weighted by molar-refractivity contribution is -0.139. The molecule has 0 saturated carbocycles. The Labute approximate surface area is 201 Å². The second kappa shape index (κ2) is 11.8. The van der Waals surface area contributed by atoms with Gasteiger partial charge < -0.3 is 20.3 Å². The van der Waals surface area contributed by atoms with Crippen molar-refractivity contribution in [2.24, 2.45) is 5.73 Å². The molecule has 0 aliphatic carbocycles. The summed E-state index contributed by atoms with van der Waals surface area (Å²) in [5.74, 6) is -0.285. The Morgan fingerprint density at radius 3 is 2.58 bits per heavy atom. The summed E-state index contributed by atoms with van der Waals surface area (Å²) in [5, 5.41) is 4.17. The lowest BCUT2D eigenvalue weighted by Crippen LogP contribution is -2.49. The molecule has 0 bridgehead atoms. The van der Waals surface area contributed by atoms with Crippen LogP contribution in [0.2, 0.25) is 0 Å². The number of aryl methyl sites for hydroxylation is 2. The number of carbonyl (C=O) groups is 2. The van der Waals surface area contributed by atoms with Gasteiger partial charge in [-0.15, -0.1) is 0 Å². The van der Waals surface area contributed by atoms with Crippen molar-refractivity contribution in [3.8, 4) is 0 Å². The molecule has 1 saturated heterocycles. The lowest BCUT2D eigenvalue weighted by Gasteiger charge is -2.40. The van der Waals surface area contributed by atoms with Gasteiger partial charge in [0.1, 0.15) is 6.61 Å². The van der Waals surface area contributed by atoms with Gasteiger partial charge in [0.2, 0.25) is 11.8 Å². The highest BCUT2D eigenvalue weighted by Gasteiger charge is 2.29. The standard InChI is InChI=1S/C26H37N3O3S/c1-18-5-7-22(20(3)25(18)26(27)31)8-6-19(2)28-12-9-23(10-13-28)29(24(30)16-32-4)15-21-11-14-33-17-21/h5,7,11,14,17,19,23H,6,8-10,12-13,15-16H2,1-4H3,(H2,27,31)/t19-/m1/s1. The molecule has 6 nitrogen and oxygen atoms in total. The number of piperidine rings is 1. The van der Waals surface area contributed by atoms with Crippen LogP contribution in [0.1, 0.15) is 58.8 Å². The lowest BCUT2D eigenvalue weighted by atomic mass is 9.93. The van der Waals surface area contributed by atoms with Crippen molar-refractivity contribution in [2.75, 3.05) is 26.8 Å². The zero-order valence-corrected chi connectivity index (χ0v) is 21.1. The minimum absolute atomic E-state index is 0.0651. The van der Waals surface area contributed by atoms with Crippen molar-refractivity contribution in [1.29, 1.82) is 0 Å². The number of ether oxygens (including phenoxy) is 1. The number of benzene rings is 1. The average Bonchev–Trinajstić information content (AvgIpc) is 3.30. The molecule has 1 aromatic carbocycles. The SMILES string of the molecule is COCC(=O)N(Cc1ccsc1)C1CCN([C@H](C)CCc2ccc(C)c(C(N)=O)c2C)CC1. The third-order valence-electron chi connectivity index (χ3n) is 6.95. The van der Waals surface area contributed by atoms with E-state index in [4.69, 9.17) is 10.5 Å². The summed E-state index contributed by atoms with van der Waals surface area (Å²) in [5.41, 5.74) is 10.6. The van der Waals surface area contributed by atoms with Crippen LogP contribution in [0.25, 0.3) is 0 Å². The Morgan fingerprint density at radius 1 is 1.24 bits per heavy atom. The highest BCUT2D eigenvalue weighted by Crippen LogP contribution is 2.24. The van der Waals surface area contributed by atoms with Crippen LogP contribution >= 0.6 is 11.3 Å². The molecule has 1 aliphatic rings. The molecule has 33 heavy (non-hydrogen) atoms. The van der Waals surface area contributed by atoms with Crippen LogP contribution in [0, 0.1) is 13.8 Å². The number of hydrogen-bond donors (Lipinski definition) is 1. The van der Waals surface area contributed by atoms with Crippen LogP contribution in [-0.2, 0) is 22.5 Å². The molecule has 0 unspecified atom stereocenters. The first-order valence-corrected chi connectivity index (χ1v) is 12.7. The fourth-order valence-corrected chi connectivity index (χ4v) is 5.59. The van der Waals surface area contributed by atoms with E-state index >= 15 is 0 Å². The fraction of sp³-hybridized carbons (Fsp3) is 0.538. The highest BCUT2D eigenvalue weighted by atomic mass is 32.1. The average molecular weight is 472 g/mol. The van der Waals surface area contributed by atoms with Crippen molar-refractivity contribution >= 4 is 23.2 Å². The zero-order valence-electron chi connectivity index (χ0n) is 20.3. The van der Waals surface area contributed by atoms with Crippen molar-refractivity contribution in [2.45, 2.75) is 65.1 Å². The van der Waals surface area contributed by atoms with E-state index < -0.39 is 0 Å². The van der Waals surface area contributed by atoms with Crippen LogP contribution in [0.15, 0.2) is 29.0 Å². The first-order chi connectivity index (χ1) is 15.8. The van der Waals surface area contributed by atoms with Crippen LogP contribution in [0.5, 0.6) is 0 Å². The molecule has 7 heteroatoms. The molecule has 1 atom stereocenters. The van der Waals surface area contributed by atoms with Crippen molar-refractivity contribution < 1.29 is 14.3 Å². The molecule has 2 heterocycles. The maximum absolute atomic E-state index is 12.7. The van der Waals surface area contributed by atoms with Crippen LogP contribution in [0.3, 0.4) is 0 Å². The maximum atomic E-state index is 12.7. The number of rotatable bonds is 10. The van der Waals surface area contributed by atoms with Crippen LogP contribution in [-0.4, -0.2) is 60.5 Å². The van der Waals surface area contributed by atoms with Crippen LogP contribution < -0.4 is 5.73 Å². The largest absolute Gasteiger partial charge is 0.375 e.